The van der Waals surface area contributed by atoms with Crippen LogP contribution in [0.5, 0.6) is 17.2 Å². The van der Waals surface area contributed by atoms with E-state index in [1.165, 1.54) is 6.08 Å². The van der Waals surface area contributed by atoms with Crippen molar-refractivity contribution in [1.29, 1.82) is 0 Å². The van der Waals surface area contributed by atoms with Crippen LogP contribution in [-0.2, 0) is 11.3 Å². The van der Waals surface area contributed by atoms with Gasteiger partial charge in [0.25, 0.3) is 0 Å². The summed E-state index contributed by atoms with van der Waals surface area (Å²) in [4.78, 5) is 5.27. The van der Waals surface area contributed by atoms with Gasteiger partial charge in [-0.1, -0.05) is 63.7 Å². The van der Waals surface area contributed by atoms with Gasteiger partial charge in [0.15, 0.2) is 11.5 Å². The van der Waals surface area contributed by atoms with Crippen molar-refractivity contribution in [2.75, 3.05) is 19.8 Å². The second-order valence-corrected chi connectivity index (χ2v) is 8.37. The lowest BCUT2D eigenvalue weighted by atomic mass is 10.2. The van der Waals surface area contributed by atoms with Crippen molar-refractivity contribution in [2.45, 2.75) is 26.9 Å². The Bertz CT molecular complexity index is 870. The second kappa shape index (κ2) is 13.7. The predicted octanol–water partition coefficient (Wildman–Crippen LogP) is 7.45. The Morgan fingerprint density at radius 1 is 0.935 bits per heavy atom. The molecule has 0 saturated carbocycles. The quantitative estimate of drug-likeness (QED) is 0.170. The Morgan fingerprint density at radius 2 is 1.61 bits per heavy atom. The van der Waals surface area contributed by atoms with Crippen molar-refractivity contribution in [3.05, 3.63) is 62.6 Å². The van der Waals surface area contributed by atoms with Crippen LogP contribution in [0.15, 0.2) is 52.1 Å². The molecule has 31 heavy (non-hydrogen) atoms. The highest BCUT2D eigenvalue weighted by molar-refractivity contribution is 6.55. The molecule has 0 radical (unpaired) electrons. The van der Waals surface area contributed by atoms with Gasteiger partial charge in [0, 0.05) is 18.6 Å². The van der Waals surface area contributed by atoms with Crippen LogP contribution < -0.4 is 14.3 Å². The van der Waals surface area contributed by atoms with Crippen molar-refractivity contribution < 1.29 is 19.0 Å². The van der Waals surface area contributed by atoms with Crippen LogP contribution >= 0.6 is 46.4 Å². The SMILES string of the molecule is CC(C)=NOc1ccc(COCCCOc2c(Cl)cc(OCC=C(Cl)Cl)cc2Cl)cc1. The maximum Gasteiger partial charge on any atom is 0.157 e. The fourth-order valence-corrected chi connectivity index (χ4v) is 2.98. The van der Waals surface area contributed by atoms with Crippen molar-refractivity contribution in [3.63, 3.8) is 0 Å². The molecule has 2 aromatic rings. The summed E-state index contributed by atoms with van der Waals surface area (Å²) < 4.78 is 17.0. The van der Waals surface area contributed by atoms with E-state index in [0.29, 0.717) is 53.5 Å². The Hall–Kier alpha value is -1.63. The Morgan fingerprint density at radius 3 is 2.23 bits per heavy atom. The summed E-state index contributed by atoms with van der Waals surface area (Å²) in [6.07, 6.45) is 2.19. The maximum absolute atomic E-state index is 6.24. The van der Waals surface area contributed by atoms with Crippen molar-refractivity contribution in [1.82, 2.24) is 0 Å². The van der Waals surface area contributed by atoms with Crippen molar-refractivity contribution in [2.24, 2.45) is 5.16 Å². The zero-order valence-corrected chi connectivity index (χ0v) is 20.2. The third-order valence-electron chi connectivity index (χ3n) is 3.66. The van der Waals surface area contributed by atoms with E-state index in [1.807, 2.05) is 38.1 Å². The number of hydrogen-bond acceptors (Lipinski definition) is 5. The van der Waals surface area contributed by atoms with E-state index in [1.54, 1.807) is 12.1 Å². The number of halogens is 4. The largest absolute Gasteiger partial charge is 0.490 e. The Balaban J connectivity index is 1.70. The molecule has 2 rings (SSSR count). The molecule has 0 spiro atoms. The first kappa shape index (κ1) is 25.6. The molecule has 0 aliphatic heterocycles. The highest BCUT2D eigenvalue weighted by atomic mass is 35.5. The second-order valence-electron chi connectivity index (χ2n) is 6.55. The monoisotopic (exact) mass is 505 g/mol. The van der Waals surface area contributed by atoms with Gasteiger partial charge in [-0.15, -0.1) is 0 Å². The summed E-state index contributed by atoms with van der Waals surface area (Å²) in [5, 5.41) is 4.63. The van der Waals surface area contributed by atoms with E-state index in [2.05, 4.69) is 5.16 Å². The minimum atomic E-state index is 0.127. The minimum absolute atomic E-state index is 0.127. The summed E-state index contributed by atoms with van der Waals surface area (Å²) in [5.41, 5.74) is 1.89. The van der Waals surface area contributed by atoms with Crippen LogP contribution in [-0.4, -0.2) is 25.5 Å². The smallest absolute Gasteiger partial charge is 0.157 e. The van der Waals surface area contributed by atoms with E-state index in [9.17, 15) is 0 Å². The number of nitrogens with zero attached hydrogens (tertiary/aromatic N) is 1. The zero-order chi connectivity index (χ0) is 22.6. The molecule has 5 nitrogen and oxygen atoms in total. The molecule has 0 saturated heterocycles. The van der Waals surface area contributed by atoms with Crippen LogP contribution in [0, 0.1) is 0 Å². The molecule has 0 aliphatic carbocycles. The zero-order valence-electron chi connectivity index (χ0n) is 17.2. The van der Waals surface area contributed by atoms with Gasteiger partial charge in [0.05, 0.1) is 35.6 Å². The van der Waals surface area contributed by atoms with Gasteiger partial charge in [-0.2, -0.15) is 0 Å². The van der Waals surface area contributed by atoms with Crippen LogP contribution in [0.1, 0.15) is 25.8 Å². The molecule has 0 unspecified atom stereocenters. The van der Waals surface area contributed by atoms with E-state index < -0.39 is 0 Å². The van der Waals surface area contributed by atoms with Gasteiger partial charge in [0.2, 0.25) is 0 Å². The molecule has 0 amide bonds. The average Bonchev–Trinajstić information content (AvgIpc) is 2.71. The molecule has 2 aromatic carbocycles. The van der Waals surface area contributed by atoms with E-state index >= 15 is 0 Å². The fraction of sp³-hybridized carbons (Fsp3) is 0.318. The van der Waals surface area contributed by atoms with Gasteiger partial charge in [-0.3, -0.25) is 0 Å². The minimum Gasteiger partial charge on any atom is -0.490 e. The molecule has 9 heteroatoms. The third-order valence-corrected chi connectivity index (χ3v) is 4.53. The summed E-state index contributed by atoms with van der Waals surface area (Å²) in [5.74, 6) is 1.58. The molecule has 0 N–H and O–H groups in total. The summed E-state index contributed by atoms with van der Waals surface area (Å²) in [6, 6.07) is 10.8. The van der Waals surface area contributed by atoms with Crippen LogP contribution in [0.4, 0.5) is 0 Å². The van der Waals surface area contributed by atoms with Crippen molar-refractivity contribution in [3.8, 4) is 17.2 Å². The summed E-state index contributed by atoms with van der Waals surface area (Å²) in [7, 11) is 0. The number of hydrogen-bond donors (Lipinski definition) is 0. The molecule has 0 aliphatic rings. The van der Waals surface area contributed by atoms with E-state index in [0.717, 1.165) is 11.3 Å². The normalized spacial score (nSPS) is 10.4. The first-order valence-electron chi connectivity index (χ1n) is 9.46. The summed E-state index contributed by atoms with van der Waals surface area (Å²) in [6.45, 7) is 5.37. The van der Waals surface area contributed by atoms with Crippen LogP contribution in [0.2, 0.25) is 10.0 Å². The van der Waals surface area contributed by atoms with Crippen LogP contribution in [0.3, 0.4) is 0 Å². The highest BCUT2D eigenvalue weighted by Crippen LogP contribution is 2.37. The fourth-order valence-electron chi connectivity index (χ4n) is 2.27. The highest BCUT2D eigenvalue weighted by Gasteiger charge is 2.10. The Labute approximate surface area is 202 Å². The van der Waals surface area contributed by atoms with Gasteiger partial charge in [0.1, 0.15) is 16.8 Å². The Kier molecular flexibility index (Phi) is 11.3. The molecule has 0 fully saturated rings. The van der Waals surface area contributed by atoms with Gasteiger partial charge in [-0.25, -0.2) is 0 Å². The standard InChI is InChI=1S/C22H23Cl4NO4/c1-15(2)27-31-17-6-4-16(5-7-17)14-28-9-3-10-30-22-19(23)12-18(13-20(22)24)29-11-8-21(25)26/h4-8,12-13H,3,9-11,14H2,1-2H3. The van der Waals surface area contributed by atoms with Crippen molar-refractivity contribution >= 4 is 52.1 Å². The topological polar surface area (TPSA) is 49.3 Å². The number of rotatable bonds is 12. The molecule has 0 aromatic heterocycles. The molecular formula is C22H23Cl4NO4. The van der Waals surface area contributed by atoms with E-state index in [4.69, 9.17) is 65.5 Å². The third kappa shape index (κ3) is 10.0. The lowest BCUT2D eigenvalue weighted by Crippen LogP contribution is -2.04. The first-order valence-corrected chi connectivity index (χ1v) is 11.0. The first-order chi connectivity index (χ1) is 14.8. The van der Waals surface area contributed by atoms with Gasteiger partial charge < -0.3 is 19.0 Å². The molecular weight excluding hydrogens is 484 g/mol. The number of benzene rings is 2. The van der Waals surface area contributed by atoms with Gasteiger partial charge >= 0.3 is 0 Å². The number of ether oxygens (including phenoxy) is 3. The summed E-state index contributed by atoms with van der Waals surface area (Å²) >= 11 is 23.6. The molecule has 0 heterocycles. The van der Waals surface area contributed by atoms with Crippen LogP contribution in [0.25, 0.3) is 0 Å². The lowest BCUT2D eigenvalue weighted by Gasteiger charge is -2.12. The van der Waals surface area contributed by atoms with E-state index in [-0.39, 0.29) is 11.1 Å². The average molecular weight is 507 g/mol. The molecule has 168 valence electrons. The maximum atomic E-state index is 6.24. The molecule has 0 bridgehead atoms. The predicted molar refractivity (Wildman–Crippen MR) is 127 cm³/mol. The van der Waals surface area contributed by atoms with Gasteiger partial charge in [-0.05, 0) is 37.6 Å². The molecule has 0 atom stereocenters. The lowest BCUT2D eigenvalue weighted by molar-refractivity contribution is 0.107. The number of oxime groups is 1.